The molecule has 1 aromatic heterocycles. The van der Waals surface area contributed by atoms with E-state index in [-0.39, 0.29) is 0 Å². The highest BCUT2D eigenvalue weighted by Crippen LogP contribution is 2.14. The molecule has 0 radical (unpaired) electrons. The molecule has 2 heterocycles. The molecule has 1 fully saturated rings. The smallest absolute Gasteiger partial charge is 0.129 e. The summed E-state index contributed by atoms with van der Waals surface area (Å²) in [5.74, 6) is 1.40. The van der Waals surface area contributed by atoms with Gasteiger partial charge in [-0.3, -0.25) is 0 Å². The predicted octanol–water partition coefficient (Wildman–Crippen LogP) is 2.15. The lowest BCUT2D eigenvalue weighted by Gasteiger charge is -2.12. The fourth-order valence-electron chi connectivity index (χ4n) is 2.16. The Morgan fingerprint density at radius 3 is 3.06 bits per heavy atom. The van der Waals surface area contributed by atoms with Crippen LogP contribution >= 0.6 is 0 Å². The number of rotatable bonds is 5. The van der Waals surface area contributed by atoms with E-state index >= 15 is 0 Å². The predicted molar refractivity (Wildman–Crippen MR) is 70.3 cm³/mol. The van der Waals surface area contributed by atoms with Crippen molar-refractivity contribution in [2.75, 3.05) is 18.4 Å². The van der Waals surface area contributed by atoms with Crippen LogP contribution in [0.25, 0.3) is 0 Å². The van der Waals surface area contributed by atoms with Crippen molar-refractivity contribution >= 4 is 5.82 Å². The normalized spacial score (nSPS) is 19.8. The number of aromatic nitrogens is 2. The van der Waals surface area contributed by atoms with Gasteiger partial charge in [-0.05, 0) is 31.7 Å². The number of hydrogen-bond acceptors (Lipinski definition) is 4. The number of anilines is 1. The molecule has 2 rings (SSSR count). The lowest BCUT2D eigenvalue weighted by Crippen LogP contribution is -2.24. The molecule has 0 saturated carbocycles. The van der Waals surface area contributed by atoms with Crippen LogP contribution in [0.3, 0.4) is 0 Å². The number of hydrogen-bond donors (Lipinski definition) is 2. The van der Waals surface area contributed by atoms with Crippen molar-refractivity contribution in [2.24, 2.45) is 0 Å². The molecule has 1 aliphatic rings. The Balaban J connectivity index is 1.79. The molecule has 1 unspecified atom stereocenters. The summed E-state index contributed by atoms with van der Waals surface area (Å²) in [6.07, 6.45) is 5.44. The molecule has 1 aliphatic heterocycles. The van der Waals surface area contributed by atoms with Gasteiger partial charge in [-0.1, -0.05) is 13.8 Å². The molecule has 0 amide bonds. The summed E-state index contributed by atoms with van der Waals surface area (Å²) < 4.78 is 0. The third-order valence-corrected chi connectivity index (χ3v) is 3.24. The molecule has 0 bridgehead atoms. The summed E-state index contributed by atoms with van der Waals surface area (Å²) in [4.78, 5) is 8.50. The first-order valence-electron chi connectivity index (χ1n) is 6.55. The van der Waals surface area contributed by atoms with Gasteiger partial charge in [0.25, 0.3) is 0 Å². The Labute approximate surface area is 103 Å². The summed E-state index contributed by atoms with van der Waals surface area (Å²) in [7, 11) is 0. The van der Waals surface area contributed by atoms with E-state index in [1.807, 2.05) is 6.07 Å². The minimum atomic E-state index is 0.454. The molecule has 17 heavy (non-hydrogen) atoms. The second-order valence-corrected chi connectivity index (χ2v) is 4.99. The van der Waals surface area contributed by atoms with Gasteiger partial charge >= 0.3 is 0 Å². The second-order valence-electron chi connectivity index (χ2n) is 4.99. The van der Waals surface area contributed by atoms with E-state index in [1.165, 1.54) is 25.8 Å². The molecule has 0 spiro atoms. The van der Waals surface area contributed by atoms with E-state index < -0.39 is 0 Å². The molecule has 0 aliphatic carbocycles. The second kappa shape index (κ2) is 5.96. The molecule has 1 aromatic rings. The molecular weight excluding hydrogens is 212 g/mol. The van der Waals surface area contributed by atoms with Gasteiger partial charge in [0, 0.05) is 24.3 Å². The molecule has 94 valence electrons. The summed E-state index contributed by atoms with van der Waals surface area (Å²) in [5, 5.41) is 6.88. The van der Waals surface area contributed by atoms with Gasteiger partial charge in [0.1, 0.15) is 12.1 Å². The fraction of sp³-hybridized carbons (Fsp3) is 0.692. The van der Waals surface area contributed by atoms with Crippen LogP contribution < -0.4 is 10.6 Å². The minimum Gasteiger partial charge on any atom is -0.370 e. The molecule has 1 saturated heterocycles. The van der Waals surface area contributed by atoms with Crippen molar-refractivity contribution in [3.05, 3.63) is 18.1 Å². The van der Waals surface area contributed by atoms with Crippen LogP contribution in [0, 0.1) is 0 Å². The molecular formula is C13H22N4. The van der Waals surface area contributed by atoms with Gasteiger partial charge < -0.3 is 10.6 Å². The third-order valence-electron chi connectivity index (χ3n) is 3.24. The van der Waals surface area contributed by atoms with Crippen molar-refractivity contribution in [2.45, 2.75) is 45.1 Å². The van der Waals surface area contributed by atoms with Crippen LogP contribution in [-0.2, 0) is 0 Å². The van der Waals surface area contributed by atoms with E-state index in [2.05, 4.69) is 34.4 Å². The fourth-order valence-corrected chi connectivity index (χ4v) is 2.16. The Bertz CT molecular complexity index is 345. The summed E-state index contributed by atoms with van der Waals surface area (Å²) in [6, 6.07) is 2.74. The lowest BCUT2D eigenvalue weighted by atomic mass is 10.1. The maximum absolute atomic E-state index is 4.26. The third kappa shape index (κ3) is 3.66. The standard InChI is InChI=1S/C13H22N4/c1-10(2)12-8-13(17-9-16-12)15-7-5-11-4-3-6-14-11/h8-11,14H,3-7H2,1-2H3,(H,15,16,17). The Hall–Kier alpha value is -1.16. The van der Waals surface area contributed by atoms with Gasteiger partial charge in [-0.25, -0.2) is 9.97 Å². The lowest BCUT2D eigenvalue weighted by molar-refractivity contribution is 0.574. The Morgan fingerprint density at radius 2 is 2.35 bits per heavy atom. The van der Waals surface area contributed by atoms with Crippen molar-refractivity contribution in [1.82, 2.24) is 15.3 Å². The van der Waals surface area contributed by atoms with Crippen LogP contribution in [0.5, 0.6) is 0 Å². The van der Waals surface area contributed by atoms with Gasteiger partial charge in [-0.2, -0.15) is 0 Å². The summed E-state index contributed by atoms with van der Waals surface area (Å²) in [6.45, 7) is 6.45. The van der Waals surface area contributed by atoms with E-state index in [0.29, 0.717) is 12.0 Å². The number of nitrogens with zero attached hydrogens (tertiary/aromatic N) is 2. The zero-order valence-electron chi connectivity index (χ0n) is 10.7. The average Bonchev–Trinajstić information content (AvgIpc) is 2.82. The van der Waals surface area contributed by atoms with E-state index in [1.54, 1.807) is 6.33 Å². The molecule has 2 N–H and O–H groups in total. The highest BCUT2D eigenvalue weighted by atomic mass is 15.0. The van der Waals surface area contributed by atoms with Crippen molar-refractivity contribution in [3.8, 4) is 0 Å². The average molecular weight is 234 g/mol. The van der Waals surface area contributed by atoms with Gasteiger partial charge in [-0.15, -0.1) is 0 Å². The zero-order valence-corrected chi connectivity index (χ0v) is 10.7. The monoisotopic (exact) mass is 234 g/mol. The van der Waals surface area contributed by atoms with E-state index in [4.69, 9.17) is 0 Å². The highest BCUT2D eigenvalue weighted by Gasteiger charge is 2.13. The van der Waals surface area contributed by atoms with Crippen LogP contribution in [0.15, 0.2) is 12.4 Å². The first-order valence-corrected chi connectivity index (χ1v) is 6.55. The van der Waals surface area contributed by atoms with Crippen molar-refractivity contribution in [3.63, 3.8) is 0 Å². The minimum absolute atomic E-state index is 0.454. The van der Waals surface area contributed by atoms with Gasteiger partial charge in [0.15, 0.2) is 0 Å². The molecule has 4 nitrogen and oxygen atoms in total. The quantitative estimate of drug-likeness (QED) is 0.819. The van der Waals surface area contributed by atoms with Crippen LogP contribution in [-0.4, -0.2) is 29.1 Å². The highest BCUT2D eigenvalue weighted by molar-refractivity contribution is 5.35. The summed E-state index contributed by atoms with van der Waals surface area (Å²) >= 11 is 0. The van der Waals surface area contributed by atoms with Crippen molar-refractivity contribution < 1.29 is 0 Å². The maximum atomic E-state index is 4.26. The first kappa shape index (κ1) is 12.3. The maximum Gasteiger partial charge on any atom is 0.129 e. The topological polar surface area (TPSA) is 49.8 Å². The Kier molecular flexibility index (Phi) is 4.31. The number of nitrogens with one attached hydrogen (secondary N) is 2. The Morgan fingerprint density at radius 1 is 1.47 bits per heavy atom. The van der Waals surface area contributed by atoms with Crippen molar-refractivity contribution in [1.29, 1.82) is 0 Å². The molecule has 1 atom stereocenters. The van der Waals surface area contributed by atoms with Crippen LogP contribution in [0.2, 0.25) is 0 Å². The van der Waals surface area contributed by atoms with Crippen LogP contribution in [0.4, 0.5) is 5.82 Å². The summed E-state index contributed by atoms with van der Waals surface area (Å²) in [5.41, 5.74) is 1.10. The molecule has 0 aromatic carbocycles. The SMILES string of the molecule is CC(C)c1cc(NCCC2CCCN2)ncn1. The van der Waals surface area contributed by atoms with Crippen LogP contribution in [0.1, 0.15) is 44.7 Å². The molecule has 4 heteroatoms. The van der Waals surface area contributed by atoms with Gasteiger partial charge in [0.05, 0.1) is 0 Å². The first-order chi connectivity index (χ1) is 8.25. The van der Waals surface area contributed by atoms with E-state index in [0.717, 1.165) is 18.1 Å². The van der Waals surface area contributed by atoms with Gasteiger partial charge in [0.2, 0.25) is 0 Å². The largest absolute Gasteiger partial charge is 0.370 e. The van der Waals surface area contributed by atoms with E-state index in [9.17, 15) is 0 Å². The zero-order chi connectivity index (χ0) is 12.1.